The summed E-state index contributed by atoms with van der Waals surface area (Å²) in [5.41, 5.74) is 4.32. The second-order valence-corrected chi connectivity index (χ2v) is 6.56. The summed E-state index contributed by atoms with van der Waals surface area (Å²) in [6, 6.07) is 10.2. The molecule has 0 fully saturated rings. The lowest BCUT2D eigenvalue weighted by Gasteiger charge is -2.10. The molecule has 110 valence electrons. The number of hydrogen-bond donors (Lipinski definition) is 0. The topological polar surface area (TPSA) is 21.6 Å². The van der Waals surface area contributed by atoms with Gasteiger partial charge in [0.15, 0.2) is 0 Å². The first-order chi connectivity index (χ1) is 10.0. The summed E-state index contributed by atoms with van der Waals surface area (Å²) in [5.74, 6) is 0.814. The Morgan fingerprint density at radius 1 is 1.14 bits per heavy atom. The Labute approximate surface area is 142 Å². The molecule has 0 heterocycles. The average Bonchev–Trinajstić information content (AvgIpc) is 2.41. The van der Waals surface area contributed by atoms with Gasteiger partial charge in [-0.05, 0) is 60.5 Å². The van der Waals surface area contributed by atoms with Gasteiger partial charge in [0, 0.05) is 16.3 Å². The summed E-state index contributed by atoms with van der Waals surface area (Å²) < 4.78 is 7.61. The maximum absolute atomic E-state index is 5.70. The predicted octanol–water partition coefficient (Wildman–Crippen LogP) is 5.98. The Kier molecular flexibility index (Phi) is 5.59. The predicted molar refractivity (Wildman–Crippen MR) is 96.2 cm³/mol. The molecule has 0 spiro atoms. The van der Waals surface area contributed by atoms with Crippen molar-refractivity contribution in [2.24, 2.45) is 4.99 Å². The van der Waals surface area contributed by atoms with E-state index in [4.69, 9.17) is 4.74 Å². The summed E-state index contributed by atoms with van der Waals surface area (Å²) in [6.45, 7) is 6.74. The molecule has 2 nitrogen and oxygen atoms in total. The molecule has 0 N–H and O–H groups in total. The molecule has 0 radical (unpaired) electrons. The molecule has 4 heteroatoms. The Balaban J connectivity index is 2.40. The van der Waals surface area contributed by atoms with Crippen LogP contribution in [0, 0.1) is 13.8 Å². The van der Waals surface area contributed by atoms with E-state index >= 15 is 0 Å². The second kappa shape index (κ2) is 7.23. The minimum atomic E-state index is 0.616. The van der Waals surface area contributed by atoms with E-state index in [-0.39, 0.29) is 0 Å². The highest BCUT2D eigenvalue weighted by Crippen LogP contribution is 2.32. The molecule has 0 aliphatic rings. The molecule has 0 aliphatic heterocycles. The van der Waals surface area contributed by atoms with Crippen LogP contribution in [0.3, 0.4) is 0 Å². The molecule has 2 aromatic carbocycles. The molecule has 0 aromatic heterocycles. The highest BCUT2D eigenvalue weighted by atomic mass is 79.9. The first-order valence-corrected chi connectivity index (χ1v) is 8.33. The normalized spacial score (nSPS) is 11.1. The Bertz CT molecular complexity index is 681. The summed E-state index contributed by atoms with van der Waals surface area (Å²) in [4.78, 5) is 4.60. The SMILES string of the molecule is CCOc1c(Br)cc(Br)cc1C=Nc1ccc(C)cc1C. The van der Waals surface area contributed by atoms with Gasteiger partial charge in [0.2, 0.25) is 0 Å². The summed E-state index contributed by atoms with van der Waals surface area (Å²) in [7, 11) is 0. The van der Waals surface area contributed by atoms with Crippen molar-refractivity contribution < 1.29 is 4.74 Å². The lowest BCUT2D eigenvalue weighted by Crippen LogP contribution is -1.97. The average molecular weight is 411 g/mol. The van der Waals surface area contributed by atoms with Gasteiger partial charge in [0.05, 0.1) is 16.8 Å². The fourth-order valence-corrected chi connectivity index (χ4v) is 3.43. The first kappa shape index (κ1) is 16.2. The number of halogens is 2. The van der Waals surface area contributed by atoms with Gasteiger partial charge in [0.1, 0.15) is 5.75 Å². The Morgan fingerprint density at radius 3 is 2.57 bits per heavy atom. The first-order valence-electron chi connectivity index (χ1n) is 6.74. The van der Waals surface area contributed by atoms with E-state index in [1.807, 2.05) is 31.3 Å². The van der Waals surface area contributed by atoms with Crippen molar-refractivity contribution in [3.63, 3.8) is 0 Å². The van der Waals surface area contributed by atoms with Gasteiger partial charge in [-0.15, -0.1) is 0 Å². The maximum Gasteiger partial charge on any atom is 0.142 e. The summed E-state index contributed by atoms with van der Waals surface area (Å²) in [6.07, 6.45) is 1.85. The van der Waals surface area contributed by atoms with E-state index in [1.54, 1.807) is 0 Å². The van der Waals surface area contributed by atoms with Gasteiger partial charge in [0.25, 0.3) is 0 Å². The van der Waals surface area contributed by atoms with Crippen LogP contribution in [0.4, 0.5) is 5.69 Å². The Hall–Kier alpha value is -1.13. The van der Waals surface area contributed by atoms with Crippen molar-refractivity contribution in [3.05, 3.63) is 56.0 Å². The monoisotopic (exact) mass is 409 g/mol. The largest absolute Gasteiger partial charge is 0.492 e. The van der Waals surface area contributed by atoms with E-state index in [9.17, 15) is 0 Å². The number of hydrogen-bond acceptors (Lipinski definition) is 2. The van der Waals surface area contributed by atoms with E-state index in [0.29, 0.717) is 6.61 Å². The zero-order valence-corrected chi connectivity index (χ0v) is 15.5. The highest BCUT2D eigenvalue weighted by molar-refractivity contribution is 9.11. The van der Waals surface area contributed by atoms with Crippen LogP contribution in [0.15, 0.2) is 44.3 Å². The minimum Gasteiger partial charge on any atom is -0.492 e. The smallest absolute Gasteiger partial charge is 0.142 e. The molecule has 21 heavy (non-hydrogen) atoms. The molecule has 0 aliphatic carbocycles. The van der Waals surface area contributed by atoms with Crippen LogP contribution in [0.25, 0.3) is 0 Å². The molecule has 0 unspecified atom stereocenters. The Morgan fingerprint density at radius 2 is 1.90 bits per heavy atom. The van der Waals surface area contributed by atoms with Crippen LogP contribution >= 0.6 is 31.9 Å². The standard InChI is InChI=1S/C17H17Br2NO/c1-4-21-17-13(8-14(18)9-15(17)19)10-20-16-6-5-11(2)7-12(16)3/h5-10H,4H2,1-3H3. The molecule has 0 bridgehead atoms. The summed E-state index contributed by atoms with van der Waals surface area (Å²) >= 11 is 7.03. The number of nitrogens with zero attached hydrogens (tertiary/aromatic N) is 1. The number of aliphatic imine (C=N–C) groups is 1. The van der Waals surface area contributed by atoms with Gasteiger partial charge in [-0.25, -0.2) is 0 Å². The van der Waals surface area contributed by atoms with Gasteiger partial charge in [-0.1, -0.05) is 33.6 Å². The zero-order valence-electron chi connectivity index (χ0n) is 12.3. The quantitative estimate of drug-likeness (QED) is 0.568. The zero-order chi connectivity index (χ0) is 15.4. The molecule has 0 saturated carbocycles. The molecular formula is C17H17Br2NO. The minimum absolute atomic E-state index is 0.616. The fourth-order valence-electron chi connectivity index (χ4n) is 2.06. The summed E-state index contributed by atoms with van der Waals surface area (Å²) in [5, 5.41) is 0. The van der Waals surface area contributed by atoms with Crippen LogP contribution in [0.2, 0.25) is 0 Å². The highest BCUT2D eigenvalue weighted by Gasteiger charge is 2.08. The van der Waals surface area contributed by atoms with Crippen molar-refractivity contribution in [3.8, 4) is 5.75 Å². The molecule has 2 aromatic rings. The van der Waals surface area contributed by atoms with E-state index in [1.165, 1.54) is 11.1 Å². The van der Waals surface area contributed by atoms with Gasteiger partial charge >= 0.3 is 0 Å². The van der Waals surface area contributed by atoms with Crippen LogP contribution in [-0.2, 0) is 0 Å². The van der Waals surface area contributed by atoms with Crippen molar-refractivity contribution in [1.29, 1.82) is 0 Å². The van der Waals surface area contributed by atoms with Crippen LogP contribution in [0.5, 0.6) is 5.75 Å². The van der Waals surface area contributed by atoms with Crippen molar-refractivity contribution in [2.45, 2.75) is 20.8 Å². The van der Waals surface area contributed by atoms with E-state index in [0.717, 1.165) is 25.9 Å². The number of ether oxygens (including phenoxy) is 1. The van der Waals surface area contributed by atoms with E-state index < -0.39 is 0 Å². The van der Waals surface area contributed by atoms with Crippen LogP contribution in [0.1, 0.15) is 23.6 Å². The van der Waals surface area contributed by atoms with Gasteiger partial charge in [-0.2, -0.15) is 0 Å². The van der Waals surface area contributed by atoms with Crippen LogP contribution < -0.4 is 4.74 Å². The van der Waals surface area contributed by atoms with Crippen LogP contribution in [-0.4, -0.2) is 12.8 Å². The number of aryl methyl sites for hydroxylation is 2. The van der Waals surface area contributed by atoms with Crippen molar-refractivity contribution in [2.75, 3.05) is 6.61 Å². The van der Waals surface area contributed by atoms with Gasteiger partial charge < -0.3 is 4.74 Å². The molecule has 2 rings (SSSR count). The second-order valence-electron chi connectivity index (χ2n) is 4.79. The third-order valence-corrected chi connectivity index (χ3v) is 4.07. The fraction of sp³-hybridized carbons (Fsp3) is 0.235. The third-order valence-electron chi connectivity index (χ3n) is 3.02. The maximum atomic E-state index is 5.70. The molecule has 0 atom stereocenters. The lowest BCUT2D eigenvalue weighted by molar-refractivity contribution is 0.337. The van der Waals surface area contributed by atoms with Gasteiger partial charge in [-0.3, -0.25) is 4.99 Å². The number of benzene rings is 2. The van der Waals surface area contributed by atoms with E-state index in [2.05, 4.69) is 62.8 Å². The molecule has 0 amide bonds. The third kappa shape index (κ3) is 4.17. The number of rotatable bonds is 4. The van der Waals surface area contributed by atoms with Crippen molar-refractivity contribution in [1.82, 2.24) is 0 Å². The molecule has 0 saturated heterocycles. The molecular weight excluding hydrogens is 394 g/mol. The van der Waals surface area contributed by atoms with Crippen molar-refractivity contribution >= 4 is 43.8 Å². The lowest BCUT2D eigenvalue weighted by atomic mass is 10.1.